The van der Waals surface area contributed by atoms with Crippen molar-refractivity contribution in [2.75, 3.05) is 5.32 Å². The van der Waals surface area contributed by atoms with Crippen LogP contribution in [0.15, 0.2) is 24.4 Å². The maximum atomic E-state index is 9.84. The van der Waals surface area contributed by atoms with Gasteiger partial charge in [-0.2, -0.15) is 5.10 Å². The number of fused-ring (bicyclic) bond motifs is 1. The largest absolute Gasteiger partial charge is 0.388 e. The lowest BCUT2D eigenvalue weighted by Gasteiger charge is -2.27. The summed E-state index contributed by atoms with van der Waals surface area (Å²) in [5, 5.41) is 21.1. The smallest absolute Gasteiger partial charge is 0.0789 e. The number of aliphatic hydroxyl groups is 1. The van der Waals surface area contributed by atoms with Crippen LogP contribution in [0.1, 0.15) is 20.8 Å². The fraction of sp³-hybridized carbons (Fsp3) is 0.417. The van der Waals surface area contributed by atoms with E-state index < -0.39 is 5.60 Å². The van der Waals surface area contributed by atoms with E-state index in [-0.39, 0.29) is 6.04 Å². The lowest BCUT2D eigenvalue weighted by Crippen LogP contribution is -2.39. The molecule has 2 rings (SSSR count). The van der Waals surface area contributed by atoms with Crippen molar-refractivity contribution in [3.63, 3.8) is 0 Å². The quantitative estimate of drug-likeness (QED) is 0.741. The van der Waals surface area contributed by atoms with Gasteiger partial charge in [-0.25, -0.2) is 0 Å². The maximum Gasteiger partial charge on any atom is 0.0789 e. The summed E-state index contributed by atoms with van der Waals surface area (Å²) in [7, 11) is 0. The Hall–Kier alpha value is -1.55. The minimum Gasteiger partial charge on any atom is -0.388 e. The molecule has 1 heterocycles. The third-order valence-corrected chi connectivity index (χ3v) is 2.88. The van der Waals surface area contributed by atoms with E-state index in [0.29, 0.717) is 0 Å². The Labute approximate surface area is 94.7 Å². The number of benzene rings is 1. The van der Waals surface area contributed by atoms with Crippen molar-refractivity contribution in [1.29, 1.82) is 0 Å². The van der Waals surface area contributed by atoms with E-state index in [9.17, 15) is 5.11 Å². The van der Waals surface area contributed by atoms with Crippen molar-refractivity contribution < 1.29 is 5.11 Å². The predicted octanol–water partition coefficient (Wildman–Crippen LogP) is 2.13. The van der Waals surface area contributed by atoms with Crippen LogP contribution in [0.2, 0.25) is 0 Å². The molecule has 0 amide bonds. The molecule has 1 aromatic carbocycles. The van der Waals surface area contributed by atoms with E-state index >= 15 is 0 Å². The number of nitrogens with zero attached hydrogens (tertiary/aromatic N) is 1. The van der Waals surface area contributed by atoms with Crippen molar-refractivity contribution in [2.24, 2.45) is 0 Å². The molecule has 0 aliphatic carbocycles. The summed E-state index contributed by atoms with van der Waals surface area (Å²) in [6.07, 6.45) is 1.79. The first kappa shape index (κ1) is 11.0. The van der Waals surface area contributed by atoms with E-state index in [1.54, 1.807) is 20.0 Å². The Morgan fingerprint density at radius 1 is 1.44 bits per heavy atom. The van der Waals surface area contributed by atoms with Gasteiger partial charge >= 0.3 is 0 Å². The number of H-pyrrole nitrogens is 1. The lowest BCUT2D eigenvalue weighted by molar-refractivity contribution is 0.0649. The van der Waals surface area contributed by atoms with Crippen molar-refractivity contribution in [3.05, 3.63) is 24.4 Å². The van der Waals surface area contributed by atoms with Crippen LogP contribution in [0.4, 0.5) is 5.69 Å². The van der Waals surface area contributed by atoms with Gasteiger partial charge in [-0.05, 0) is 39.0 Å². The Morgan fingerprint density at radius 3 is 2.88 bits per heavy atom. The van der Waals surface area contributed by atoms with Gasteiger partial charge in [0, 0.05) is 11.1 Å². The molecule has 0 aliphatic rings. The standard InChI is InChI=1S/C12H17N3O/c1-8(12(2,3)16)14-10-5-4-9-7-13-15-11(9)6-10/h4-8,14,16H,1-3H3,(H,13,15). The molecule has 1 unspecified atom stereocenters. The highest BCUT2D eigenvalue weighted by molar-refractivity contribution is 5.81. The highest BCUT2D eigenvalue weighted by Gasteiger charge is 2.21. The second-order valence-corrected chi connectivity index (χ2v) is 4.69. The Kier molecular flexibility index (Phi) is 2.59. The van der Waals surface area contributed by atoms with Crippen molar-refractivity contribution in [1.82, 2.24) is 10.2 Å². The molecule has 1 atom stereocenters. The number of nitrogens with one attached hydrogen (secondary N) is 2. The molecular formula is C12H17N3O. The van der Waals surface area contributed by atoms with E-state index in [0.717, 1.165) is 16.6 Å². The Morgan fingerprint density at radius 2 is 2.19 bits per heavy atom. The molecule has 4 heteroatoms. The molecule has 3 N–H and O–H groups in total. The van der Waals surface area contributed by atoms with Gasteiger partial charge in [0.1, 0.15) is 0 Å². The van der Waals surface area contributed by atoms with Gasteiger partial charge in [0.25, 0.3) is 0 Å². The molecule has 1 aromatic heterocycles. The Bertz CT molecular complexity index is 484. The van der Waals surface area contributed by atoms with E-state index in [1.807, 2.05) is 25.1 Å². The number of aromatic nitrogens is 2. The summed E-state index contributed by atoms with van der Waals surface area (Å²) in [5.41, 5.74) is 1.22. The summed E-state index contributed by atoms with van der Waals surface area (Å²) >= 11 is 0. The van der Waals surface area contributed by atoms with Gasteiger partial charge in [0.05, 0.1) is 23.4 Å². The number of hydrogen-bond acceptors (Lipinski definition) is 3. The SMILES string of the molecule is CC(Nc1ccc2cn[nH]c2c1)C(C)(C)O. The minimum absolute atomic E-state index is 0.0205. The molecule has 0 bridgehead atoms. The van der Waals surface area contributed by atoms with Gasteiger partial charge < -0.3 is 10.4 Å². The minimum atomic E-state index is -0.747. The van der Waals surface area contributed by atoms with Crippen molar-refractivity contribution in [3.8, 4) is 0 Å². The Balaban J connectivity index is 2.21. The fourth-order valence-electron chi connectivity index (χ4n) is 1.45. The highest BCUT2D eigenvalue weighted by Crippen LogP contribution is 2.19. The molecule has 0 fully saturated rings. The summed E-state index contributed by atoms with van der Waals surface area (Å²) in [6, 6.07) is 5.95. The first-order valence-electron chi connectivity index (χ1n) is 5.39. The van der Waals surface area contributed by atoms with Crippen LogP contribution >= 0.6 is 0 Å². The summed E-state index contributed by atoms with van der Waals surface area (Å²) in [4.78, 5) is 0. The molecular weight excluding hydrogens is 202 g/mol. The van der Waals surface area contributed by atoms with Crippen molar-refractivity contribution in [2.45, 2.75) is 32.4 Å². The summed E-state index contributed by atoms with van der Waals surface area (Å²) in [5.74, 6) is 0. The highest BCUT2D eigenvalue weighted by atomic mass is 16.3. The molecule has 2 aromatic rings. The van der Waals surface area contributed by atoms with Gasteiger partial charge in [-0.1, -0.05) is 0 Å². The zero-order chi connectivity index (χ0) is 11.8. The molecule has 0 spiro atoms. The van der Waals surface area contributed by atoms with E-state index in [2.05, 4.69) is 15.5 Å². The molecule has 4 nitrogen and oxygen atoms in total. The van der Waals surface area contributed by atoms with Crippen LogP contribution in [0, 0.1) is 0 Å². The monoisotopic (exact) mass is 219 g/mol. The zero-order valence-corrected chi connectivity index (χ0v) is 9.78. The van der Waals surface area contributed by atoms with E-state index in [1.165, 1.54) is 0 Å². The normalized spacial score (nSPS) is 14.0. The fourth-order valence-corrected chi connectivity index (χ4v) is 1.45. The average Bonchev–Trinajstić information content (AvgIpc) is 2.63. The predicted molar refractivity (Wildman–Crippen MR) is 65.5 cm³/mol. The maximum absolute atomic E-state index is 9.84. The third kappa shape index (κ3) is 2.17. The number of aromatic amines is 1. The number of hydrogen-bond donors (Lipinski definition) is 3. The van der Waals surface area contributed by atoms with Crippen LogP contribution in [0.25, 0.3) is 10.9 Å². The number of rotatable bonds is 3. The summed E-state index contributed by atoms with van der Waals surface area (Å²) < 4.78 is 0. The first-order valence-corrected chi connectivity index (χ1v) is 5.39. The first-order chi connectivity index (χ1) is 7.47. The van der Waals surface area contributed by atoms with Crippen LogP contribution < -0.4 is 5.32 Å². The topological polar surface area (TPSA) is 60.9 Å². The van der Waals surface area contributed by atoms with Gasteiger partial charge in [0.2, 0.25) is 0 Å². The third-order valence-electron chi connectivity index (χ3n) is 2.88. The molecule has 0 radical (unpaired) electrons. The second kappa shape index (κ2) is 3.79. The number of anilines is 1. The van der Waals surface area contributed by atoms with Crippen LogP contribution in [-0.4, -0.2) is 26.9 Å². The lowest BCUT2D eigenvalue weighted by atomic mass is 10.0. The molecule has 86 valence electrons. The molecule has 0 saturated heterocycles. The molecule has 0 aliphatic heterocycles. The zero-order valence-electron chi connectivity index (χ0n) is 9.78. The van der Waals surface area contributed by atoms with Crippen molar-refractivity contribution >= 4 is 16.6 Å². The van der Waals surface area contributed by atoms with Gasteiger partial charge in [-0.3, -0.25) is 5.10 Å². The summed E-state index contributed by atoms with van der Waals surface area (Å²) in [6.45, 7) is 5.54. The van der Waals surface area contributed by atoms with Crippen LogP contribution in [-0.2, 0) is 0 Å². The van der Waals surface area contributed by atoms with Gasteiger partial charge in [-0.15, -0.1) is 0 Å². The van der Waals surface area contributed by atoms with Crippen LogP contribution in [0.5, 0.6) is 0 Å². The molecule has 0 saturated carbocycles. The van der Waals surface area contributed by atoms with E-state index in [4.69, 9.17) is 0 Å². The van der Waals surface area contributed by atoms with Crippen LogP contribution in [0.3, 0.4) is 0 Å². The average molecular weight is 219 g/mol. The van der Waals surface area contributed by atoms with Gasteiger partial charge in [0.15, 0.2) is 0 Å². The second-order valence-electron chi connectivity index (χ2n) is 4.69. The molecule has 16 heavy (non-hydrogen) atoms.